The lowest BCUT2D eigenvalue weighted by Gasteiger charge is -2.31. The van der Waals surface area contributed by atoms with Crippen LogP contribution in [0.3, 0.4) is 0 Å². The highest BCUT2D eigenvalue weighted by Gasteiger charge is 2.27. The summed E-state index contributed by atoms with van der Waals surface area (Å²) < 4.78 is 19.3. The summed E-state index contributed by atoms with van der Waals surface area (Å²) in [4.78, 5) is 31.0. The summed E-state index contributed by atoms with van der Waals surface area (Å²) in [7, 11) is 1.37. The van der Waals surface area contributed by atoms with Crippen LogP contribution in [0.2, 0.25) is 0 Å². The monoisotopic (exact) mass is 471 g/mol. The van der Waals surface area contributed by atoms with E-state index in [9.17, 15) is 19.1 Å². The molecule has 1 aliphatic heterocycles. The Labute approximate surface area is 200 Å². The van der Waals surface area contributed by atoms with Gasteiger partial charge in [-0.1, -0.05) is 19.1 Å². The van der Waals surface area contributed by atoms with Gasteiger partial charge in [-0.05, 0) is 67.9 Å². The second kappa shape index (κ2) is 12.3. The van der Waals surface area contributed by atoms with Gasteiger partial charge in [-0.15, -0.1) is 0 Å². The molecule has 1 atom stereocenters. The number of carboxylic acid groups (broad SMARTS) is 1. The highest BCUT2D eigenvalue weighted by molar-refractivity contribution is 5.78. The van der Waals surface area contributed by atoms with Gasteiger partial charge in [0.25, 0.3) is 0 Å². The Hall–Kier alpha value is -3.16. The number of fused-ring (bicyclic) bond motifs is 1. The van der Waals surface area contributed by atoms with Gasteiger partial charge in [0.1, 0.15) is 5.82 Å². The number of anilines is 1. The molecule has 0 spiro atoms. The van der Waals surface area contributed by atoms with E-state index in [1.165, 1.54) is 24.8 Å². The molecule has 0 aliphatic carbocycles. The first kappa shape index (κ1) is 25.5. The Balaban J connectivity index is 1.63. The van der Waals surface area contributed by atoms with Gasteiger partial charge < -0.3 is 20.1 Å². The van der Waals surface area contributed by atoms with Crippen LogP contribution in [0.25, 0.3) is 0 Å². The van der Waals surface area contributed by atoms with Crippen LogP contribution >= 0.6 is 0 Å². The number of nitrogens with zero attached hydrogens (tertiary/aromatic N) is 2. The van der Waals surface area contributed by atoms with Gasteiger partial charge in [-0.25, -0.2) is 9.37 Å². The quantitative estimate of drug-likeness (QED) is 0.434. The van der Waals surface area contributed by atoms with Crippen molar-refractivity contribution >= 4 is 17.7 Å². The van der Waals surface area contributed by atoms with Crippen LogP contribution in [0.4, 0.5) is 10.2 Å². The van der Waals surface area contributed by atoms with Crippen LogP contribution in [0.15, 0.2) is 30.3 Å². The average Bonchev–Trinajstić information content (AvgIpc) is 2.83. The Morgan fingerprint density at radius 1 is 1.26 bits per heavy atom. The zero-order valence-electron chi connectivity index (χ0n) is 20.0. The number of carbonyl (C=O) groups is 2. The molecule has 2 aromatic rings. The molecule has 1 aromatic carbocycles. The zero-order chi connectivity index (χ0) is 24.5. The first-order valence-corrected chi connectivity index (χ1v) is 12.0. The second-order valence-electron chi connectivity index (χ2n) is 8.64. The lowest BCUT2D eigenvalue weighted by molar-refractivity contribution is -0.141. The van der Waals surface area contributed by atoms with Gasteiger partial charge in [-0.3, -0.25) is 9.59 Å². The van der Waals surface area contributed by atoms with E-state index in [0.29, 0.717) is 31.4 Å². The molecule has 7 nitrogen and oxygen atoms in total. The summed E-state index contributed by atoms with van der Waals surface area (Å²) in [6.45, 7) is 3.28. The zero-order valence-corrected chi connectivity index (χ0v) is 20.0. The number of methoxy groups -OCH3 is 1. The number of nitrogens with one attached hydrogen (secondary N) is 1. The van der Waals surface area contributed by atoms with E-state index < -0.39 is 17.8 Å². The Morgan fingerprint density at radius 2 is 2.09 bits per heavy atom. The number of ether oxygens (including phenoxy) is 1. The maximum absolute atomic E-state index is 14.3. The van der Waals surface area contributed by atoms with Gasteiger partial charge >= 0.3 is 5.97 Å². The molecule has 1 aliphatic rings. The van der Waals surface area contributed by atoms with Gasteiger partial charge in [0.05, 0.1) is 19.6 Å². The number of aryl methyl sites for hydroxylation is 2. The molecule has 1 amide bonds. The third kappa shape index (κ3) is 6.68. The maximum Gasteiger partial charge on any atom is 0.305 e. The van der Waals surface area contributed by atoms with Gasteiger partial charge in [-0.2, -0.15) is 0 Å². The number of carbonyl (C=O) groups excluding carboxylic acids is 1. The van der Waals surface area contributed by atoms with Crippen LogP contribution in [0.1, 0.15) is 68.3 Å². The van der Waals surface area contributed by atoms with E-state index in [2.05, 4.69) is 17.4 Å². The third-order valence-corrected chi connectivity index (χ3v) is 6.12. The fraction of sp³-hybridized carbons (Fsp3) is 0.500. The van der Waals surface area contributed by atoms with Crippen molar-refractivity contribution in [3.63, 3.8) is 0 Å². The summed E-state index contributed by atoms with van der Waals surface area (Å²) in [5.41, 5.74) is 2.71. The predicted molar refractivity (Wildman–Crippen MR) is 129 cm³/mol. The number of hydrogen-bond acceptors (Lipinski definition) is 5. The molecule has 0 saturated carbocycles. The fourth-order valence-corrected chi connectivity index (χ4v) is 4.39. The number of benzene rings is 1. The minimum absolute atomic E-state index is 0.0807. The minimum atomic E-state index is -1.04. The Kier molecular flexibility index (Phi) is 9.24. The van der Waals surface area contributed by atoms with Crippen molar-refractivity contribution in [1.29, 1.82) is 0 Å². The average molecular weight is 472 g/mol. The van der Waals surface area contributed by atoms with E-state index in [-0.39, 0.29) is 18.1 Å². The van der Waals surface area contributed by atoms with E-state index in [0.717, 1.165) is 43.7 Å². The van der Waals surface area contributed by atoms with E-state index in [1.54, 1.807) is 11.0 Å². The van der Waals surface area contributed by atoms with Crippen LogP contribution in [-0.2, 0) is 22.4 Å². The van der Waals surface area contributed by atoms with E-state index in [1.807, 2.05) is 6.92 Å². The van der Waals surface area contributed by atoms with Crippen LogP contribution in [0.5, 0.6) is 5.75 Å². The minimum Gasteiger partial charge on any atom is -0.494 e. The van der Waals surface area contributed by atoms with Crippen molar-refractivity contribution in [3.8, 4) is 5.75 Å². The number of carboxylic acids is 1. The second-order valence-corrected chi connectivity index (χ2v) is 8.64. The van der Waals surface area contributed by atoms with Crippen molar-refractivity contribution in [1.82, 2.24) is 9.88 Å². The summed E-state index contributed by atoms with van der Waals surface area (Å²) in [5.74, 6) is -0.688. The van der Waals surface area contributed by atoms with E-state index in [4.69, 9.17) is 9.72 Å². The lowest BCUT2D eigenvalue weighted by atomic mass is 10.00. The summed E-state index contributed by atoms with van der Waals surface area (Å²) in [6.07, 6.45) is 5.11. The molecular formula is C26H34FN3O4. The van der Waals surface area contributed by atoms with Crippen molar-refractivity contribution in [2.24, 2.45) is 0 Å². The number of aliphatic carboxylic acids is 1. The molecule has 0 unspecified atom stereocenters. The van der Waals surface area contributed by atoms with Gasteiger partial charge in [0, 0.05) is 25.2 Å². The fourth-order valence-electron chi connectivity index (χ4n) is 4.39. The lowest BCUT2D eigenvalue weighted by Crippen LogP contribution is -2.36. The summed E-state index contributed by atoms with van der Waals surface area (Å²) >= 11 is 0. The number of rotatable bonds is 12. The van der Waals surface area contributed by atoms with Crippen molar-refractivity contribution < 1.29 is 23.8 Å². The summed E-state index contributed by atoms with van der Waals surface area (Å²) in [6, 6.07) is 7.80. The molecule has 184 valence electrons. The number of amides is 1. The van der Waals surface area contributed by atoms with Crippen LogP contribution < -0.4 is 10.1 Å². The number of unbranched alkanes of at least 4 members (excludes halogenated alkanes) is 1. The molecule has 34 heavy (non-hydrogen) atoms. The molecule has 0 saturated heterocycles. The predicted octanol–water partition coefficient (Wildman–Crippen LogP) is 4.75. The number of hydrogen-bond donors (Lipinski definition) is 2. The largest absolute Gasteiger partial charge is 0.494 e. The first-order valence-electron chi connectivity index (χ1n) is 12.0. The Morgan fingerprint density at radius 3 is 2.79 bits per heavy atom. The third-order valence-electron chi connectivity index (χ3n) is 6.12. The van der Waals surface area contributed by atoms with Gasteiger partial charge in [0.2, 0.25) is 5.91 Å². The molecule has 0 fully saturated rings. The van der Waals surface area contributed by atoms with Crippen molar-refractivity contribution in [2.45, 2.75) is 64.3 Å². The van der Waals surface area contributed by atoms with Crippen molar-refractivity contribution in [2.75, 3.05) is 25.5 Å². The molecule has 0 bridgehead atoms. The topological polar surface area (TPSA) is 91.8 Å². The molecule has 0 radical (unpaired) electrons. The number of pyridine rings is 1. The van der Waals surface area contributed by atoms with Gasteiger partial charge in [0.15, 0.2) is 11.6 Å². The first-order chi connectivity index (χ1) is 16.4. The molecular weight excluding hydrogens is 437 g/mol. The van der Waals surface area contributed by atoms with E-state index >= 15 is 0 Å². The van der Waals surface area contributed by atoms with Crippen molar-refractivity contribution in [3.05, 3.63) is 53.0 Å². The van der Waals surface area contributed by atoms with Crippen LogP contribution in [0, 0.1) is 5.82 Å². The SMILES string of the molecule is CCCN(C(=O)CCCCc1ccc2c(n1)NCCC2)[C@@H](CC(=O)O)c1ccc(OC)c(F)c1. The smallest absolute Gasteiger partial charge is 0.305 e. The molecule has 3 rings (SSSR count). The normalized spacial score (nSPS) is 13.5. The molecule has 8 heteroatoms. The standard InChI is InChI=1S/C26H34FN3O4/c1-3-15-30(22(17-25(32)33)19-11-13-23(34-2)21(27)16-19)24(31)9-5-4-8-20-12-10-18-7-6-14-28-26(18)29-20/h10-13,16,22H,3-9,14-15,17H2,1-2H3,(H,28,29)(H,32,33)/t22-/m0/s1. The van der Waals surface area contributed by atoms with Crippen LogP contribution in [-0.4, -0.2) is 47.1 Å². The number of halogens is 1. The molecule has 2 N–H and O–H groups in total. The molecule has 1 aromatic heterocycles. The highest BCUT2D eigenvalue weighted by Crippen LogP contribution is 2.29. The Bertz CT molecular complexity index is 998. The number of aromatic nitrogens is 1. The maximum atomic E-state index is 14.3. The summed E-state index contributed by atoms with van der Waals surface area (Å²) in [5, 5.41) is 12.8. The molecule has 2 heterocycles. The highest BCUT2D eigenvalue weighted by atomic mass is 19.1.